The van der Waals surface area contributed by atoms with Crippen LogP contribution in [0.25, 0.3) is 10.9 Å². The van der Waals surface area contributed by atoms with Crippen LogP contribution in [0, 0.1) is 6.92 Å². The molecule has 20 heavy (non-hydrogen) atoms. The number of halogens is 1. The Morgan fingerprint density at radius 3 is 3.05 bits per heavy atom. The molecule has 1 saturated heterocycles. The van der Waals surface area contributed by atoms with Gasteiger partial charge in [0.05, 0.1) is 5.52 Å². The second-order valence-electron chi connectivity index (χ2n) is 5.27. The Balaban J connectivity index is 2.03. The Morgan fingerprint density at radius 2 is 2.25 bits per heavy atom. The van der Waals surface area contributed by atoms with Crippen molar-refractivity contribution in [2.24, 2.45) is 0 Å². The molecular weight excluding hydrogens is 272 g/mol. The normalized spacial score (nSPS) is 18.9. The summed E-state index contributed by atoms with van der Waals surface area (Å²) in [7, 11) is 0. The lowest BCUT2D eigenvalue weighted by Gasteiger charge is -2.20. The summed E-state index contributed by atoms with van der Waals surface area (Å²) in [5.74, 6) is 0.971. The van der Waals surface area contributed by atoms with E-state index < -0.39 is 0 Å². The van der Waals surface area contributed by atoms with E-state index in [-0.39, 0.29) is 0 Å². The van der Waals surface area contributed by atoms with Crippen molar-refractivity contribution in [3.8, 4) is 0 Å². The molecule has 106 valence electrons. The summed E-state index contributed by atoms with van der Waals surface area (Å²) in [5, 5.41) is 4.95. The van der Waals surface area contributed by atoms with Gasteiger partial charge in [-0.1, -0.05) is 19.1 Å². The molecule has 1 fully saturated rings. The lowest BCUT2D eigenvalue weighted by Crippen LogP contribution is -2.32. The molecule has 4 nitrogen and oxygen atoms in total. The number of hydrogen-bond acceptors (Lipinski definition) is 4. The fraction of sp³-hybridized carbons (Fsp3) is 0.467. The van der Waals surface area contributed by atoms with Crippen molar-refractivity contribution in [1.82, 2.24) is 15.3 Å². The van der Waals surface area contributed by atoms with Crippen LogP contribution in [0.15, 0.2) is 18.2 Å². The Labute approximate surface area is 124 Å². The van der Waals surface area contributed by atoms with Gasteiger partial charge in [-0.15, -0.1) is 0 Å². The fourth-order valence-electron chi connectivity index (χ4n) is 2.94. The number of fused-ring (bicyclic) bond motifs is 1. The van der Waals surface area contributed by atoms with E-state index in [4.69, 9.17) is 11.6 Å². The lowest BCUT2D eigenvalue weighted by atomic mass is 10.1. The first-order valence-electron chi connectivity index (χ1n) is 7.10. The van der Waals surface area contributed by atoms with Crippen LogP contribution in [0.2, 0.25) is 5.28 Å². The number of benzene rings is 1. The van der Waals surface area contributed by atoms with Crippen LogP contribution in [0.4, 0.5) is 5.82 Å². The first-order valence-corrected chi connectivity index (χ1v) is 7.48. The van der Waals surface area contributed by atoms with E-state index in [0.29, 0.717) is 11.3 Å². The molecule has 3 rings (SSSR count). The number of rotatable bonds is 3. The molecule has 1 unspecified atom stereocenters. The number of nitrogens with one attached hydrogen (secondary N) is 1. The highest BCUT2D eigenvalue weighted by Crippen LogP contribution is 2.30. The summed E-state index contributed by atoms with van der Waals surface area (Å²) >= 11 is 6.09. The van der Waals surface area contributed by atoms with Crippen molar-refractivity contribution in [3.63, 3.8) is 0 Å². The van der Waals surface area contributed by atoms with Crippen molar-refractivity contribution in [3.05, 3.63) is 29.0 Å². The quantitative estimate of drug-likeness (QED) is 0.883. The molecule has 1 aliphatic heterocycles. The van der Waals surface area contributed by atoms with Crippen LogP contribution in [-0.4, -0.2) is 35.6 Å². The van der Waals surface area contributed by atoms with Gasteiger partial charge in [0, 0.05) is 24.5 Å². The predicted molar refractivity (Wildman–Crippen MR) is 83.6 cm³/mol. The Kier molecular flexibility index (Phi) is 3.76. The zero-order valence-corrected chi connectivity index (χ0v) is 12.6. The van der Waals surface area contributed by atoms with Gasteiger partial charge in [0.2, 0.25) is 5.28 Å². The predicted octanol–water partition coefficient (Wildman–Crippen LogP) is 2.78. The lowest BCUT2D eigenvalue weighted by molar-refractivity contribution is 0.571. The van der Waals surface area contributed by atoms with Gasteiger partial charge in [0.1, 0.15) is 5.82 Å². The number of hydrogen-bond donors (Lipinski definition) is 1. The van der Waals surface area contributed by atoms with E-state index in [9.17, 15) is 0 Å². The highest BCUT2D eigenvalue weighted by molar-refractivity contribution is 6.28. The molecule has 1 aliphatic rings. The molecule has 0 saturated carbocycles. The molecule has 1 N–H and O–H groups in total. The molecule has 5 heteroatoms. The maximum Gasteiger partial charge on any atom is 0.224 e. The zero-order chi connectivity index (χ0) is 14.1. The second kappa shape index (κ2) is 5.54. The van der Waals surface area contributed by atoms with Gasteiger partial charge in [0.25, 0.3) is 0 Å². The number of likely N-dealkylation sites (N-methyl/N-ethyl adjacent to an activating group) is 1. The molecule has 1 atom stereocenters. The first kappa shape index (κ1) is 13.6. The summed E-state index contributed by atoms with van der Waals surface area (Å²) in [5.41, 5.74) is 2.12. The van der Waals surface area contributed by atoms with Crippen LogP contribution in [0.1, 0.15) is 18.9 Å². The first-order chi connectivity index (χ1) is 9.69. The van der Waals surface area contributed by atoms with Gasteiger partial charge in [-0.3, -0.25) is 0 Å². The van der Waals surface area contributed by atoms with E-state index in [2.05, 4.69) is 40.1 Å². The average Bonchev–Trinajstić information content (AvgIpc) is 2.87. The van der Waals surface area contributed by atoms with Crippen molar-refractivity contribution >= 4 is 28.3 Å². The summed E-state index contributed by atoms with van der Waals surface area (Å²) in [4.78, 5) is 11.1. The molecule has 2 heterocycles. The molecule has 1 aromatic carbocycles. The van der Waals surface area contributed by atoms with Gasteiger partial charge in [0.15, 0.2) is 0 Å². The summed E-state index contributed by atoms with van der Waals surface area (Å²) < 4.78 is 0. The molecule has 0 amide bonds. The fourth-order valence-corrected chi connectivity index (χ4v) is 3.11. The van der Waals surface area contributed by atoms with E-state index in [0.717, 1.165) is 42.8 Å². The Morgan fingerprint density at radius 1 is 1.40 bits per heavy atom. The van der Waals surface area contributed by atoms with Crippen LogP contribution in [-0.2, 0) is 0 Å². The smallest absolute Gasteiger partial charge is 0.224 e. The molecule has 0 spiro atoms. The number of aromatic nitrogens is 2. The van der Waals surface area contributed by atoms with E-state index >= 15 is 0 Å². The second-order valence-corrected chi connectivity index (χ2v) is 5.61. The maximum absolute atomic E-state index is 6.09. The molecule has 2 aromatic rings. The van der Waals surface area contributed by atoms with Crippen molar-refractivity contribution in [2.75, 3.05) is 24.5 Å². The molecule has 1 aromatic heterocycles. The van der Waals surface area contributed by atoms with Gasteiger partial charge in [-0.25, -0.2) is 4.98 Å². The third kappa shape index (κ3) is 2.45. The monoisotopic (exact) mass is 290 g/mol. The third-order valence-corrected chi connectivity index (χ3v) is 4.03. The highest BCUT2D eigenvalue weighted by Gasteiger charge is 2.25. The molecule has 0 bridgehead atoms. The van der Waals surface area contributed by atoms with Gasteiger partial charge in [-0.05, 0) is 43.1 Å². The SMILES string of the molecule is CCNC1CCN(c2nc(Cl)nc3cccc(C)c23)C1. The van der Waals surface area contributed by atoms with Crippen molar-refractivity contribution < 1.29 is 0 Å². The number of aryl methyl sites for hydroxylation is 1. The van der Waals surface area contributed by atoms with Crippen LogP contribution in [0.5, 0.6) is 0 Å². The average molecular weight is 291 g/mol. The van der Waals surface area contributed by atoms with E-state index in [1.165, 1.54) is 5.56 Å². The van der Waals surface area contributed by atoms with E-state index in [1.807, 2.05) is 12.1 Å². The van der Waals surface area contributed by atoms with Crippen LogP contribution in [0.3, 0.4) is 0 Å². The number of anilines is 1. The van der Waals surface area contributed by atoms with Crippen LogP contribution < -0.4 is 10.2 Å². The van der Waals surface area contributed by atoms with Crippen molar-refractivity contribution in [1.29, 1.82) is 0 Å². The minimum atomic E-state index is 0.324. The van der Waals surface area contributed by atoms with Gasteiger partial charge < -0.3 is 10.2 Å². The number of nitrogens with zero attached hydrogens (tertiary/aromatic N) is 3. The summed E-state index contributed by atoms with van der Waals surface area (Å²) in [6, 6.07) is 6.64. The summed E-state index contributed by atoms with van der Waals surface area (Å²) in [6.07, 6.45) is 1.14. The zero-order valence-electron chi connectivity index (χ0n) is 11.9. The molecule has 0 radical (unpaired) electrons. The largest absolute Gasteiger partial charge is 0.354 e. The third-order valence-electron chi connectivity index (χ3n) is 3.87. The Hall–Kier alpha value is -1.39. The van der Waals surface area contributed by atoms with Crippen LogP contribution >= 0.6 is 11.6 Å². The van der Waals surface area contributed by atoms with Crippen molar-refractivity contribution in [2.45, 2.75) is 26.3 Å². The topological polar surface area (TPSA) is 41.0 Å². The minimum Gasteiger partial charge on any atom is -0.354 e. The standard InChI is InChI=1S/C15H19ClN4/c1-3-17-11-7-8-20(9-11)14-13-10(2)5-4-6-12(13)18-15(16)19-14/h4-6,11,17H,3,7-9H2,1-2H3. The molecular formula is C15H19ClN4. The Bertz CT molecular complexity index is 629. The van der Waals surface area contributed by atoms with Gasteiger partial charge >= 0.3 is 0 Å². The minimum absolute atomic E-state index is 0.324. The van der Waals surface area contributed by atoms with E-state index in [1.54, 1.807) is 0 Å². The van der Waals surface area contributed by atoms with Gasteiger partial charge in [-0.2, -0.15) is 4.98 Å². The highest BCUT2D eigenvalue weighted by atomic mass is 35.5. The molecule has 0 aliphatic carbocycles. The maximum atomic E-state index is 6.09. The summed E-state index contributed by atoms with van der Waals surface area (Å²) in [6.45, 7) is 7.23.